The SMILES string of the molecule is CC(C)OCC1C(O)CCN1C. The molecule has 1 heterocycles. The molecule has 2 unspecified atom stereocenters. The second kappa shape index (κ2) is 4.21. The minimum atomic E-state index is -0.200. The van der Waals surface area contributed by atoms with E-state index < -0.39 is 0 Å². The van der Waals surface area contributed by atoms with Crippen molar-refractivity contribution in [2.75, 3.05) is 20.2 Å². The molecule has 3 heteroatoms. The molecule has 2 atom stereocenters. The average molecular weight is 173 g/mol. The van der Waals surface area contributed by atoms with Gasteiger partial charge in [-0.25, -0.2) is 0 Å². The van der Waals surface area contributed by atoms with E-state index in [1.807, 2.05) is 20.9 Å². The molecular formula is C9H19NO2. The van der Waals surface area contributed by atoms with Gasteiger partial charge in [0, 0.05) is 6.54 Å². The van der Waals surface area contributed by atoms with E-state index in [1.165, 1.54) is 0 Å². The van der Waals surface area contributed by atoms with Crippen LogP contribution in [-0.2, 0) is 4.74 Å². The standard InChI is InChI=1S/C9H19NO2/c1-7(2)12-6-8-9(11)4-5-10(8)3/h7-9,11H,4-6H2,1-3H3. The van der Waals surface area contributed by atoms with Crippen LogP contribution in [0.15, 0.2) is 0 Å². The highest BCUT2D eigenvalue weighted by molar-refractivity contribution is 4.84. The van der Waals surface area contributed by atoms with E-state index >= 15 is 0 Å². The maximum Gasteiger partial charge on any atom is 0.0729 e. The minimum Gasteiger partial charge on any atom is -0.391 e. The number of hydrogen-bond donors (Lipinski definition) is 1. The minimum absolute atomic E-state index is 0.200. The molecule has 0 radical (unpaired) electrons. The number of rotatable bonds is 3. The zero-order chi connectivity index (χ0) is 9.14. The Hall–Kier alpha value is -0.120. The number of ether oxygens (including phenoxy) is 1. The molecule has 1 aliphatic rings. The summed E-state index contributed by atoms with van der Waals surface area (Å²) < 4.78 is 5.46. The lowest BCUT2D eigenvalue weighted by molar-refractivity contribution is 0.0100. The number of likely N-dealkylation sites (tertiary alicyclic amines) is 1. The van der Waals surface area contributed by atoms with E-state index in [-0.39, 0.29) is 18.2 Å². The number of nitrogens with zero attached hydrogens (tertiary/aromatic N) is 1. The van der Waals surface area contributed by atoms with Crippen molar-refractivity contribution in [2.45, 2.75) is 38.5 Å². The van der Waals surface area contributed by atoms with Gasteiger partial charge < -0.3 is 9.84 Å². The summed E-state index contributed by atoms with van der Waals surface area (Å²) in [6.45, 7) is 5.66. The van der Waals surface area contributed by atoms with E-state index in [1.54, 1.807) is 0 Å². The van der Waals surface area contributed by atoms with Gasteiger partial charge in [0.05, 0.1) is 24.9 Å². The Morgan fingerprint density at radius 2 is 2.25 bits per heavy atom. The first-order valence-corrected chi connectivity index (χ1v) is 4.61. The summed E-state index contributed by atoms with van der Waals surface area (Å²) in [6, 6.07) is 0.201. The molecule has 0 spiro atoms. The summed E-state index contributed by atoms with van der Waals surface area (Å²) in [5.74, 6) is 0. The molecule has 72 valence electrons. The van der Waals surface area contributed by atoms with Crippen LogP contribution in [-0.4, -0.2) is 48.5 Å². The predicted octanol–water partition coefficient (Wildman–Crippen LogP) is 0.476. The number of aliphatic hydroxyl groups is 1. The fourth-order valence-corrected chi connectivity index (χ4v) is 1.52. The van der Waals surface area contributed by atoms with Crippen LogP contribution in [0.2, 0.25) is 0 Å². The van der Waals surface area contributed by atoms with Crippen LogP contribution >= 0.6 is 0 Å². The third kappa shape index (κ3) is 2.44. The molecule has 0 aromatic carbocycles. The van der Waals surface area contributed by atoms with Crippen molar-refractivity contribution in [3.63, 3.8) is 0 Å². The lowest BCUT2D eigenvalue weighted by atomic mass is 10.2. The molecule has 0 saturated carbocycles. The molecule has 12 heavy (non-hydrogen) atoms. The molecule has 1 rings (SSSR count). The highest BCUT2D eigenvalue weighted by Crippen LogP contribution is 2.16. The summed E-state index contributed by atoms with van der Waals surface area (Å²) >= 11 is 0. The normalized spacial score (nSPS) is 31.8. The monoisotopic (exact) mass is 173 g/mol. The van der Waals surface area contributed by atoms with E-state index in [4.69, 9.17) is 4.74 Å². The Labute approximate surface area is 74.3 Å². The van der Waals surface area contributed by atoms with Crippen LogP contribution in [0.4, 0.5) is 0 Å². The molecular weight excluding hydrogens is 154 g/mol. The maximum atomic E-state index is 9.55. The average Bonchev–Trinajstić information content (AvgIpc) is 2.28. The molecule has 0 amide bonds. The van der Waals surface area contributed by atoms with Gasteiger partial charge in [0.2, 0.25) is 0 Å². The van der Waals surface area contributed by atoms with Crippen LogP contribution in [0.1, 0.15) is 20.3 Å². The van der Waals surface area contributed by atoms with E-state index in [0.717, 1.165) is 13.0 Å². The molecule has 1 N–H and O–H groups in total. The van der Waals surface area contributed by atoms with E-state index in [2.05, 4.69) is 4.90 Å². The summed E-state index contributed by atoms with van der Waals surface area (Å²) in [6.07, 6.45) is 0.933. The van der Waals surface area contributed by atoms with Crippen LogP contribution in [0.3, 0.4) is 0 Å². The van der Waals surface area contributed by atoms with Crippen LogP contribution < -0.4 is 0 Å². The quantitative estimate of drug-likeness (QED) is 0.673. The van der Waals surface area contributed by atoms with Gasteiger partial charge in [-0.2, -0.15) is 0 Å². The Balaban J connectivity index is 2.29. The van der Waals surface area contributed by atoms with Crippen molar-refractivity contribution in [3.05, 3.63) is 0 Å². The number of hydrogen-bond acceptors (Lipinski definition) is 3. The smallest absolute Gasteiger partial charge is 0.0729 e. The Bertz CT molecular complexity index is 128. The molecule has 0 bridgehead atoms. The molecule has 0 aliphatic carbocycles. The van der Waals surface area contributed by atoms with Crippen molar-refractivity contribution in [1.82, 2.24) is 4.90 Å². The van der Waals surface area contributed by atoms with Crippen LogP contribution in [0.25, 0.3) is 0 Å². The molecule has 0 aromatic heterocycles. The van der Waals surface area contributed by atoms with Crippen molar-refractivity contribution < 1.29 is 9.84 Å². The second-order valence-electron chi connectivity index (χ2n) is 3.79. The highest BCUT2D eigenvalue weighted by Gasteiger charge is 2.30. The zero-order valence-electron chi connectivity index (χ0n) is 8.16. The Morgan fingerprint density at radius 1 is 1.58 bits per heavy atom. The zero-order valence-corrected chi connectivity index (χ0v) is 8.16. The van der Waals surface area contributed by atoms with E-state index in [0.29, 0.717) is 6.61 Å². The van der Waals surface area contributed by atoms with Gasteiger partial charge in [-0.1, -0.05) is 0 Å². The lowest BCUT2D eigenvalue weighted by Crippen LogP contribution is -2.37. The summed E-state index contributed by atoms with van der Waals surface area (Å²) in [5, 5.41) is 9.55. The maximum absolute atomic E-state index is 9.55. The second-order valence-corrected chi connectivity index (χ2v) is 3.79. The third-order valence-electron chi connectivity index (χ3n) is 2.39. The first-order chi connectivity index (χ1) is 5.61. The van der Waals surface area contributed by atoms with Gasteiger partial charge in [0.15, 0.2) is 0 Å². The van der Waals surface area contributed by atoms with Crippen molar-refractivity contribution in [3.8, 4) is 0 Å². The largest absolute Gasteiger partial charge is 0.391 e. The van der Waals surface area contributed by atoms with Gasteiger partial charge in [-0.3, -0.25) is 4.90 Å². The fraction of sp³-hybridized carbons (Fsp3) is 1.00. The molecule has 1 saturated heterocycles. The number of likely N-dealkylation sites (N-methyl/N-ethyl adjacent to an activating group) is 1. The fourth-order valence-electron chi connectivity index (χ4n) is 1.52. The molecule has 1 aliphatic heterocycles. The van der Waals surface area contributed by atoms with E-state index in [9.17, 15) is 5.11 Å². The van der Waals surface area contributed by atoms with Crippen molar-refractivity contribution in [2.24, 2.45) is 0 Å². The third-order valence-corrected chi connectivity index (χ3v) is 2.39. The predicted molar refractivity (Wildman–Crippen MR) is 48.1 cm³/mol. The molecule has 3 nitrogen and oxygen atoms in total. The van der Waals surface area contributed by atoms with Gasteiger partial charge in [-0.15, -0.1) is 0 Å². The lowest BCUT2D eigenvalue weighted by Gasteiger charge is -2.22. The van der Waals surface area contributed by atoms with Gasteiger partial charge in [0.1, 0.15) is 0 Å². The highest BCUT2D eigenvalue weighted by atomic mass is 16.5. The Kier molecular flexibility index (Phi) is 3.50. The summed E-state index contributed by atoms with van der Waals surface area (Å²) in [5.41, 5.74) is 0. The first kappa shape index (κ1) is 9.96. The number of aliphatic hydroxyl groups excluding tert-OH is 1. The Morgan fingerprint density at radius 3 is 2.67 bits per heavy atom. The molecule has 0 aromatic rings. The first-order valence-electron chi connectivity index (χ1n) is 4.61. The van der Waals surface area contributed by atoms with Gasteiger partial charge >= 0.3 is 0 Å². The summed E-state index contributed by atoms with van der Waals surface area (Å²) in [4.78, 5) is 2.16. The topological polar surface area (TPSA) is 32.7 Å². The van der Waals surface area contributed by atoms with Crippen LogP contribution in [0.5, 0.6) is 0 Å². The van der Waals surface area contributed by atoms with Crippen LogP contribution in [0, 0.1) is 0 Å². The van der Waals surface area contributed by atoms with Crippen molar-refractivity contribution >= 4 is 0 Å². The van der Waals surface area contributed by atoms with Crippen molar-refractivity contribution in [1.29, 1.82) is 0 Å². The summed E-state index contributed by atoms with van der Waals surface area (Å²) in [7, 11) is 2.03. The van der Waals surface area contributed by atoms with Gasteiger partial charge in [-0.05, 0) is 27.3 Å². The molecule has 1 fully saturated rings. The van der Waals surface area contributed by atoms with Gasteiger partial charge in [0.25, 0.3) is 0 Å².